The first-order valence-electron chi connectivity index (χ1n) is 8.67. The van der Waals surface area contributed by atoms with Gasteiger partial charge in [0.15, 0.2) is 11.5 Å². The van der Waals surface area contributed by atoms with E-state index in [4.69, 9.17) is 9.47 Å². The topological polar surface area (TPSA) is 93.7 Å². The molecule has 0 aliphatic carbocycles. The lowest BCUT2D eigenvalue weighted by Crippen LogP contribution is -2.32. The smallest absolute Gasteiger partial charge is 0.259 e. The minimum Gasteiger partial charge on any atom is -0.454 e. The molecule has 1 heterocycles. The average molecular weight is 390 g/mol. The Bertz CT molecular complexity index is 943. The Morgan fingerprint density at radius 2 is 1.96 bits per heavy atom. The zero-order valence-electron chi connectivity index (χ0n) is 15.2. The molecular formula is C19H22N2O5S. The molecule has 0 saturated carbocycles. The van der Waals surface area contributed by atoms with E-state index in [1.807, 2.05) is 13.8 Å². The maximum atomic E-state index is 12.6. The largest absolute Gasteiger partial charge is 0.454 e. The molecule has 0 saturated heterocycles. The van der Waals surface area contributed by atoms with E-state index in [1.165, 1.54) is 0 Å². The zero-order valence-corrected chi connectivity index (χ0v) is 16.0. The standard InChI is InChI=1S/C19H22N2O5S/c1-3-13(2)21-27(23,24)11-14-6-4-7-15(10-14)20-19(22)16-8-5-9-17-18(16)26-12-25-17/h4-10,13,21H,3,11-12H2,1-2H3,(H,20,22). The summed E-state index contributed by atoms with van der Waals surface area (Å²) in [6.45, 7) is 3.81. The minimum atomic E-state index is -3.45. The van der Waals surface area contributed by atoms with Crippen LogP contribution in [0.4, 0.5) is 5.69 Å². The maximum Gasteiger partial charge on any atom is 0.259 e. The molecule has 0 radical (unpaired) electrons. The summed E-state index contributed by atoms with van der Waals surface area (Å²) in [6.07, 6.45) is 0.711. The summed E-state index contributed by atoms with van der Waals surface area (Å²) < 4.78 is 37.7. The molecule has 0 bridgehead atoms. The molecular weight excluding hydrogens is 368 g/mol. The number of carbonyl (C=O) groups excluding carboxylic acids is 1. The van der Waals surface area contributed by atoms with Gasteiger partial charge < -0.3 is 14.8 Å². The number of amides is 1. The molecule has 7 nitrogen and oxygen atoms in total. The molecule has 8 heteroatoms. The predicted octanol–water partition coefficient (Wildman–Crippen LogP) is 2.89. The van der Waals surface area contributed by atoms with Crippen LogP contribution in [0.5, 0.6) is 11.5 Å². The van der Waals surface area contributed by atoms with Crippen LogP contribution in [0.3, 0.4) is 0 Å². The number of rotatable bonds is 7. The summed E-state index contributed by atoms with van der Waals surface area (Å²) >= 11 is 0. The van der Waals surface area contributed by atoms with Gasteiger partial charge in [-0.3, -0.25) is 4.79 Å². The van der Waals surface area contributed by atoms with Crippen molar-refractivity contribution in [1.82, 2.24) is 4.72 Å². The summed E-state index contributed by atoms with van der Waals surface area (Å²) in [5.41, 5.74) is 1.45. The molecule has 2 aromatic carbocycles. The van der Waals surface area contributed by atoms with E-state index < -0.39 is 10.0 Å². The summed E-state index contributed by atoms with van der Waals surface area (Å²) in [5, 5.41) is 2.78. The number of carbonyl (C=O) groups is 1. The van der Waals surface area contributed by atoms with Crippen LogP contribution in [0.1, 0.15) is 36.2 Å². The molecule has 1 aliphatic heterocycles. The number of hydrogen-bond donors (Lipinski definition) is 2. The molecule has 0 aromatic heterocycles. The summed E-state index contributed by atoms with van der Waals surface area (Å²) in [4.78, 5) is 12.6. The van der Waals surface area contributed by atoms with Crippen molar-refractivity contribution in [1.29, 1.82) is 0 Å². The van der Waals surface area contributed by atoms with Crippen molar-refractivity contribution in [3.8, 4) is 11.5 Å². The molecule has 1 aliphatic rings. The number of hydrogen-bond acceptors (Lipinski definition) is 5. The van der Waals surface area contributed by atoms with E-state index in [9.17, 15) is 13.2 Å². The molecule has 0 fully saturated rings. The number of fused-ring (bicyclic) bond motifs is 1. The zero-order chi connectivity index (χ0) is 19.4. The first kappa shape index (κ1) is 19.2. The van der Waals surface area contributed by atoms with Crippen LogP contribution in [0.25, 0.3) is 0 Å². The lowest BCUT2D eigenvalue weighted by Gasteiger charge is -2.13. The molecule has 144 valence electrons. The third-order valence-corrected chi connectivity index (χ3v) is 5.65. The van der Waals surface area contributed by atoms with Gasteiger partial charge in [-0.2, -0.15) is 0 Å². The normalized spacial score (nSPS) is 14.0. The van der Waals surface area contributed by atoms with Crippen LogP contribution < -0.4 is 19.5 Å². The fourth-order valence-corrected chi connectivity index (χ4v) is 4.18. The first-order valence-corrected chi connectivity index (χ1v) is 10.3. The second-order valence-electron chi connectivity index (χ2n) is 6.38. The van der Waals surface area contributed by atoms with Gasteiger partial charge in [-0.05, 0) is 43.2 Å². The SMILES string of the molecule is CCC(C)NS(=O)(=O)Cc1cccc(NC(=O)c2cccc3c2OCO3)c1. The van der Waals surface area contributed by atoms with Gasteiger partial charge in [0.05, 0.1) is 11.3 Å². The number of benzene rings is 2. The van der Waals surface area contributed by atoms with Gasteiger partial charge in [-0.1, -0.05) is 25.1 Å². The van der Waals surface area contributed by atoms with E-state index in [-0.39, 0.29) is 24.5 Å². The van der Waals surface area contributed by atoms with Crippen LogP contribution >= 0.6 is 0 Å². The van der Waals surface area contributed by atoms with Crippen LogP contribution in [0, 0.1) is 0 Å². The molecule has 27 heavy (non-hydrogen) atoms. The van der Waals surface area contributed by atoms with E-state index >= 15 is 0 Å². The highest BCUT2D eigenvalue weighted by atomic mass is 32.2. The van der Waals surface area contributed by atoms with E-state index in [0.717, 1.165) is 0 Å². The summed E-state index contributed by atoms with van der Waals surface area (Å²) in [5.74, 6) is 0.429. The molecule has 2 aromatic rings. The van der Waals surface area contributed by atoms with Crippen molar-refractivity contribution in [2.75, 3.05) is 12.1 Å². The van der Waals surface area contributed by atoms with Crippen molar-refractivity contribution in [2.45, 2.75) is 32.1 Å². The van der Waals surface area contributed by atoms with Crippen LogP contribution in [-0.2, 0) is 15.8 Å². The van der Waals surface area contributed by atoms with Crippen LogP contribution in [-0.4, -0.2) is 27.2 Å². The summed E-state index contributed by atoms with van der Waals surface area (Å²) in [7, 11) is -3.45. The Kier molecular flexibility index (Phi) is 5.67. The molecule has 1 atom stereocenters. The van der Waals surface area contributed by atoms with Gasteiger partial charge in [-0.15, -0.1) is 0 Å². The Morgan fingerprint density at radius 3 is 2.74 bits per heavy atom. The quantitative estimate of drug-likeness (QED) is 0.758. The Morgan fingerprint density at radius 1 is 1.19 bits per heavy atom. The molecule has 1 unspecified atom stereocenters. The van der Waals surface area contributed by atoms with Gasteiger partial charge in [-0.25, -0.2) is 13.1 Å². The van der Waals surface area contributed by atoms with Crippen molar-refractivity contribution in [3.63, 3.8) is 0 Å². The molecule has 1 amide bonds. The Labute approximate surface area is 158 Å². The molecule has 0 spiro atoms. The van der Waals surface area contributed by atoms with Crippen molar-refractivity contribution in [3.05, 3.63) is 53.6 Å². The number of nitrogens with one attached hydrogen (secondary N) is 2. The molecule has 2 N–H and O–H groups in total. The first-order chi connectivity index (χ1) is 12.9. The molecule has 3 rings (SSSR count). The number of anilines is 1. The monoisotopic (exact) mass is 390 g/mol. The second-order valence-corrected chi connectivity index (χ2v) is 8.13. The fraction of sp³-hybridized carbons (Fsp3) is 0.316. The van der Waals surface area contributed by atoms with Gasteiger partial charge in [0.2, 0.25) is 16.8 Å². The number of ether oxygens (including phenoxy) is 2. The number of para-hydroxylation sites is 1. The minimum absolute atomic E-state index is 0.0795. The highest BCUT2D eigenvalue weighted by Crippen LogP contribution is 2.35. The predicted molar refractivity (Wildman–Crippen MR) is 102 cm³/mol. The van der Waals surface area contributed by atoms with E-state index in [1.54, 1.807) is 42.5 Å². The van der Waals surface area contributed by atoms with Gasteiger partial charge >= 0.3 is 0 Å². The van der Waals surface area contributed by atoms with Crippen molar-refractivity contribution in [2.24, 2.45) is 0 Å². The van der Waals surface area contributed by atoms with Gasteiger partial charge in [0.1, 0.15) is 0 Å². The highest BCUT2D eigenvalue weighted by molar-refractivity contribution is 7.88. The third kappa shape index (κ3) is 4.78. The highest BCUT2D eigenvalue weighted by Gasteiger charge is 2.22. The summed E-state index contributed by atoms with van der Waals surface area (Å²) in [6, 6.07) is 11.7. The second kappa shape index (κ2) is 7.98. The van der Waals surface area contributed by atoms with Crippen molar-refractivity contribution < 1.29 is 22.7 Å². The van der Waals surface area contributed by atoms with Gasteiger partial charge in [0.25, 0.3) is 5.91 Å². The van der Waals surface area contributed by atoms with E-state index in [0.29, 0.717) is 34.7 Å². The fourth-order valence-electron chi connectivity index (χ4n) is 2.70. The van der Waals surface area contributed by atoms with Gasteiger partial charge in [0, 0.05) is 11.7 Å². The van der Waals surface area contributed by atoms with Crippen LogP contribution in [0.15, 0.2) is 42.5 Å². The van der Waals surface area contributed by atoms with E-state index in [2.05, 4.69) is 10.0 Å². The van der Waals surface area contributed by atoms with Crippen LogP contribution in [0.2, 0.25) is 0 Å². The Balaban J connectivity index is 1.73. The average Bonchev–Trinajstić information content (AvgIpc) is 3.09. The number of sulfonamides is 1. The Hall–Kier alpha value is -2.58. The third-order valence-electron chi connectivity index (χ3n) is 4.18. The lowest BCUT2D eigenvalue weighted by atomic mass is 10.1. The maximum absolute atomic E-state index is 12.6. The van der Waals surface area contributed by atoms with Crippen molar-refractivity contribution >= 4 is 21.6 Å². The lowest BCUT2D eigenvalue weighted by molar-refractivity contribution is 0.102.